The van der Waals surface area contributed by atoms with Crippen LogP contribution >= 0.6 is 22.6 Å². The quantitative estimate of drug-likeness (QED) is 0.487. The summed E-state index contributed by atoms with van der Waals surface area (Å²) in [5.41, 5.74) is -0.0520. The zero-order valence-corrected chi connectivity index (χ0v) is 9.30. The van der Waals surface area contributed by atoms with Crippen molar-refractivity contribution in [2.75, 3.05) is 0 Å². The van der Waals surface area contributed by atoms with Crippen molar-refractivity contribution in [3.05, 3.63) is 26.1 Å². The van der Waals surface area contributed by atoms with Gasteiger partial charge in [-0.1, -0.05) is 0 Å². The summed E-state index contributed by atoms with van der Waals surface area (Å²) in [5.74, 6) is 0.355. The average Bonchev–Trinajstić information content (AvgIpc) is 2.91. The van der Waals surface area contributed by atoms with Gasteiger partial charge < -0.3 is 4.74 Å². The van der Waals surface area contributed by atoms with Crippen LogP contribution in [0.5, 0.6) is 5.75 Å². The van der Waals surface area contributed by atoms with E-state index in [0.717, 1.165) is 12.8 Å². The number of rotatable bonds is 3. The van der Waals surface area contributed by atoms with Crippen LogP contribution in [0.1, 0.15) is 12.8 Å². The lowest BCUT2D eigenvalue weighted by molar-refractivity contribution is -0.386. The van der Waals surface area contributed by atoms with Crippen molar-refractivity contribution < 1.29 is 9.66 Å². The minimum absolute atomic E-state index is 0.0520. The van der Waals surface area contributed by atoms with Crippen molar-refractivity contribution in [2.45, 2.75) is 18.9 Å². The van der Waals surface area contributed by atoms with E-state index in [9.17, 15) is 10.1 Å². The van der Waals surface area contributed by atoms with Crippen LogP contribution in [-0.4, -0.2) is 16.0 Å². The molecule has 1 fully saturated rings. The Morgan fingerprint density at radius 1 is 1.57 bits per heavy atom. The maximum absolute atomic E-state index is 10.7. The molecule has 0 N–H and O–H groups in total. The third kappa shape index (κ3) is 1.94. The van der Waals surface area contributed by atoms with Crippen LogP contribution in [0.2, 0.25) is 0 Å². The van der Waals surface area contributed by atoms with E-state index in [2.05, 4.69) is 4.98 Å². The van der Waals surface area contributed by atoms with Gasteiger partial charge in [0.05, 0.1) is 14.6 Å². The summed E-state index contributed by atoms with van der Waals surface area (Å²) in [6.45, 7) is 0. The van der Waals surface area contributed by atoms with E-state index < -0.39 is 4.92 Å². The second kappa shape index (κ2) is 3.68. The van der Waals surface area contributed by atoms with E-state index in [1.165, 1.54) is 6.20 Å². The highest BCUT2D eigenvalue weighted by atomic mass is 127. The number of nitrogens with zero attached hydrogens (tertiary/aromatic N) is 2. The normalized spacial score (nSPS) is 15.2. The van der Waals surface area contributed by atoms with Gasteiger partial charge in [-0.2, -0.15) is 0 Å². The first-order chi connectivity index (χ1) is 6.68. The fraction of sp³-hybridized carbons (Fsp3) is 0.375. The summed E-state index contributed by atoms with van der Waals surface area (Å²) < 4.78 is 6.14. The highest BCUT2D eigenvalue weighted by molar-refractivity contribution is 14.1. The van der Waals surface area contributed by atoms with Crippen molar-refractivity contribution in [1.29, 1.82) is 0 Å². The molecule has 1 aromatic heterocycles. The second-order valence-electron chi connectivity index (χ2n) is 3.04. The van der Waals surface area contributed by atoms with Crippen LogP contribution in [0.3, 0.4) is 0 Å². The molecule has 74 valence electrons. The molecular weight excluding hydrogens is 299 g/mol. The van der Waals surface area contributed by atoms with E-state index in [1.54, 1.807) is 6.20 Å². The molecule has 0 radical (unpaired) electrons. The number of hydrogen-bond acceptors (Lipinski definition) is 4. The molecule has 0 aromatic carbocycles. The number of pyridine rings is 1. The van der Waals surface area contributed by atoms with Crippen LogP contribution in [0.25, 0.3) is 0 Å². The number of aromatic nitrogens is 1. The molecule has 0 unspecified atom stereocenters. The molecular formula is C8H7IN2O3. The summed E-state index contributed by atoms with van der Waals surface area (Å²) >= 11 is 1.99. The molecule has 1 aliphatic carbocycles. The van der Waals surface area contributed by atoms with Gasteiger partial charge in [0.1, 0.15) is 6.20 Å². The van der Waals surface area contributed by atoms with Gasteiger partial charge in [0.15, 0.2) is 0 Å². The Hall–Kier alpha value is -0.920. The predicted octanol–water partition coefficient (Wildman–Crippen LogP) is 2.14. The Bertz CT molecular complexity index is 379. The van der Waals surface area contributed by atoms with Crippen molar-refractivity contribution in [3.8, 4) is 5.75 Å². The third-order valence-corrected chi connectivity index (χ3v) is 2.61. The topological polar surface area (TPSA) is 65.3 Å². The first-order valence-corrected chi connectivity index (χ1v) is 5.21. The van der Waals surface area contributed by atoms with E-state index in [0.29, 0.717) is 9.32 Å². The molecule has 0 aliphatic heterocycles. The number of nitro groups is 1. The summed E-state index contributed by atoms with van der Waals surface area (Å²) in [4.78, 5) is 14.0. The van der Waals surface area contributed by atoms with Gasteiger partial charge in [0.2, 0.25) is 5.75 Å². The van der Waals surface area contributed by atoms with E-state index >= 15 is 0 Å². The summed E-state index contributed by atoms with van der Waals surface area (Å²) in [7, 11) is 0. The average molecular weight is 306 g/mol. The molecule has 0 amide bonds. The minimum atomic E-state index is -0.465. The van der Waals surface area contributed by atoms with Crippen molar-refractivity contribution in [3.63, 3.8) is 0 Å². The molecule has 5 nitrogen and oxygen atoms in total. The smallest absolute Gasteiger partial charge is 0.330 e. The van der Waals surface area contributed by atoms with E-state index in [1.807, 2.05) is 22.6 Å². The molecule has 0 saturated heterocycles. The van der Waals surface area contributed by atoms with E-state index in [4.69, 9.17) is 4.74 Å². The maximum Gasteiger partial charge on any atom is 0.330 e. The SMILES string of the molecule is O=[N+]([O-])c1cncc(I)c1OC1CC1. The van der Waals surface area contributed by atoms with Crippen LogP contribution in [0.4, 0.5) is 5.69 Å². The predicted molar refractivity (Wildman–Crippen MR) is 57.3 cm³/mol. The maximum atomic E-state index is 10.7. The van der Waals surface area contributed by atoms with Crippen LogP contribution in [-0.2, 0) is 0 Å². The minimum Gasteiger partial charge on any atom is -0.483 e. The fourth-order valence-electron chi connectivity index (χ4n) is 1.01. The van der Waals surface area contributed by atoms with Gasteiger partial charge >= 0.3 is 5.69 Å². The lowest BCUT2D eigenvalue weighted by atomic mass is 10.4. The standard InChI is InChI=1S/C8H7IN2O3/c9-6-3-10-4-7(11(12)13)8(6)14-5-1-2-5/h3-5H,1-2H2. The Labute approximate surface area is 93.8 Å². The Kier molecular flexibility index (Phi) is 2.53. The van der Waals surface area contributed by atoms with Gasteiger partial charge in [-0.25, -0.2) is 0 Å². The van der Waals surface area contributed by atoms with Crippen molar-refractivity contribution in [2.24, 2.45) is 0 Å². The van der Waals surface area contributed by atoms with Crippen molar-refractivity contribution >= 4 is 28.3 Å². The first kappa shape index (κ1) is 9.63. The van der Waals surface area contributed by atoms with Gasteiger partial charge in [-0.05, 0) is 35.4 Å². The number of hydrogen-bond donors (Lipinski definition) is 0. The molecule has 1 heterocycles. The largest absolute Gasteiger partial charge is 0.483 e. The molecule has 0 spiro atoms. The lowest BCUT2D eigenvalue weighted by Gasteiger charge is -2.05. The molecule has 1 saturated carbocycles. The second-order valence-corrected chi connectivity index (χ2v) is 4.21. The summed E-state index contributed by atoms with van der Waals surface area (Å²) in [6, 6.07) is 0. The highest BCUT2D eigenvalue weighted by Crippen LogP contribution is 2.35. The van der Waals surface area contributed by atoms with E-state index in [-0.39, 0.29) is 11.8 Å². The Morgan fingerprint density at radius 3 is 2.86 bits per heavy atom. The molecule has 1 aliphatic rings. The Morgan fingerprint density at radius 2 is 2.29 bits per heavy atom. The van der Waals surface area contributed by atoms with Gasteiger partial charge in [0.25, 0.3) is 0 Å². The van der Waals surface area contributed by atoms with Crippen LogP contribution in [0, 0.1) is 13.7 Å². The molecule has 14 heavy (non-hydrogen) atoms. The van der Waals surface area contributed by atoms with Crippen LogP contribution < -0.4 is 4.74 Å². The zero-order chi connectivity index (χ0) is 10.1. The number of ether oxygens (including phenoxy) is 1. The Balaban J connectivity index is 2.36. The third-order valence-electron chi connectivity index (χ3n) is 1.84. The first-order valence-electron chi connectivity index (χ1n) is 4.13. The summed E-state index contributed by atoms with van der Waals surface area (Å²) in [5, 5.41) is 10.7. The monoisotopic (exact) mass is 306 g/mol. The summed E-state index contributed by atoms with van der Waals surface area (Å²) in [6.07, 6.45) is 4.90. The molecule has 1 aromatic rings. The fourth-order valence-corrected chi connectivity index (χ4v) is 1.58. The number of halogens is 1. The van der Waals surface area contributed by atoms with Gasteiger partial charge in [-0.15, -0.1) is 0 Å². The molecule has 0 bridgehead atoms. The van der Waals surface area contributed by atoms with Crippen molar-refractivity contribution in [1.82, 2.24) is 4.98 Å². The zero-order valence-electron chi connectivity index (χ0n) is 7.14. The van der Waals surface area contributed by atoms with Gasteiger partial charge in [-0.3, -0.25) is 15.1 Å². The van der Waals surface area contributed by atoms with Crippen LogP contribution in [0.15, 0.2) is 12.4 Å². The molecule has 2 rings (SSSR count). The lowest BCUT2D eigenvalue weighted by Crippen LogP contribution is -2.02. The van der Waals surface area contributed by atoms with Gasteiger partial charge in [0, 0.05) is 6.20 Å². The molecule has 6 heteroatoms. The molecule has 0 atom stereocenters. The highest BCUT2D eigenvalue weighted by Gasteiger charge is 2.28.